The largest absolute Gasteiger partial charge is 0.382 e. The summed E-state index contributed by atoms with van der Waals surface area (Å²) in [4.78, 5) is 49.1. The van der Waals surface area contributed by atoms with Gasteiger partial charge in [-0.25, -0.2) is 8.78 Å². The molecule has 3 aromatic rings. The number of likely N-dealkylation sites (tertiary alicyclic amines) is 4. The Labute approximate surface area is 515 Å². The number of aliphatic hydroxyl groups is 1. The zero-order chi connectivity index (χ0) is 61.2. The molecule has 3 unspecified atom stereocenters. The van der Waals surface area contributed by atoms with E-state index in [9.17, 15) is 28.3 Å². The first-order valence-corrected chi connectivity index (χ1v) is 33.5. The van der Waals surface area contributed by atoms with Gasteiger partial charge >= 0.3 is 0 Å². The van der Waals surface area contributed by atoms with Gasteiger partial charge in [0.25, 0.3) is 5.92 Å². The topological polar surface area (TPSA) is 99.7 Å². The molecule has 4 aliphatic carbocycles. The molecule has 4 heterocycles. The number of fused-ring (bicyclic) bond motifs is 6. The number of rotatable bonds is 10. The molecule has 3 aromatic carbocycles. The van der Waals surface area contributed by atoms with Gasteiger partial charge in [-0.05, 0) is 229 Å². The minimum Gasteiger partial charge on any atom is -0.382 e. The summed E-state index contributed by atoms with van der Waals surface area (Å²) in [5.41, 5.74) is 8.34. The summed E-state index contributed by atoms with van der Waals surface area (Å²) in [7, 11) is 0. The van der Waals surface area contributed by atoms with E-state index in [2.05, 4.69) is 136 Å². The number of piperidine rings is 4. The Morgan fingerprint density at radius 3 is 1.45 bits per heavy atom. The van der Waals surface area contributed by atoms with Crippen LogP contribution in [0.1, 0.15) is 246 Å². The number of aliphatic hydroxyl groups excluding tert-OH is 1. The van der Waals surface area contributed by atoms with Gasteiger partial charge in [0.05, 0.1) is 18.0 Å². The average Bonchev–Trinajstić information content (AvgIpc) is 0.925. The fourth-order valence-corrected chi connectivity index (χ4v) is 15.9. The summed E-state index contributed by atoms with van der Waals surface area (Å²) >= 11 is 0. The summed E-state index contributed by atoms with van der Waals surface area (Å²) in [6.45, 7) is 35.4. The summed E-state index contributed by atoms with van der Waals surface area (Å²) in [6, 6.07) is 26.0. The van der Waals surface area contributed by atoms with E-state index < -0.39 is 17.4 Å². The van der Waals surface area contributed by atoms with Gasteiger partial charge < -0.3 is 34.9 Å². The molecule has 3 amide bonds. The number of carbonyl (C=O) groups excluding carboxylic acids is 3. The minimum atomic E-state index is -3.04. The molecule has 4 saturated heterocycles. The van der Waals surface area contributed by atoms with Crippen LogP contribution in [0.5, 0.6) is 0 Å². The molecular formula is C73H114F2N6O4. The van der Waals surface area contributed by atoms with Crippen molar-refractivity contribution in [2.24, 2.45) is 22.2 Å². The number of nitrogens with one attached hydrogen (secondary N) is 1. The fourth-order valence-electron chi connectivity index (χ4n) is 15.9. The van der Waals surface area contributed by atoms with Crippen LogP contribution >= 0.6 is 0 Å². The maximum atomic E-state index is 14.4. The molecule has 10 nitrogen and oxygen atoms in total. The molecule has 85 heavy (non-hydrogen) atoms. The van der Waals surface area contributed by atoms with Crippen molar-refractivity contribution in [1.29, 1.82) is 0 Å². The quantitative estimate of drug-likeness (QED) is 0.209. The first-order chi connectivity index (χ1) is 40.1. The van der Waals surface area contributed by atoms with Crippen molar-refractivity contribution >= 4 is 17.7 Å². The van der Waals surface area contributed by atoms with Crippen molar-refractivity contribution in [3.8, 4) is 0 Å². The van der Waals surface area contributed by atoms with E-state index in [4.69, 9.17) is 0 Å². The highest BCUT2D eigenvalue weighted by Gasteiger charge is 2.55. The monoisotopic (exact) mass is 1180 g/mol. The molecule has 5 fully saturated rings. The Morgan fingerprint density at radius 1 is 0.565 bits per heavy atom. The normalized spacial score (nSPS) is 25.5. The molecule has 1 saturated carbocycles. The number of hydrogen-bond acceptors (Lipinski definition) is 7. The van der Waals surface area contributed by atoms with Crippen LogP contribution in [0, 0.1) is 22.2 Å². The van der Waals surface area contributed by atoms with E-state index in [0.29, 0.717) is 45.9 Å². The maximum absolute atomic E-state index is 14.4. The molecule has 12 heteroatoms. The first kappa shape index (κ1) is 65.2. The Balaban J connectivity index is 0.000000187. The number of benzene rings is 3. The third-order valence-electron chi connectivity index (χ3n) is 21.6. The molecule has 0 radical (unpaired) electrons. The predicted molar refractivity (Wildman–Crippen MR) is 345 cm³/mol. The van der Waals surface area contributed by atoms with Crippen LogP contribution in [-0.4, -0.2) is 131 Å². The van der Waals surface area contributed by atoms with Crippen molar-refractivity contribution in [3.05, 3.63) is 106 Å². The van der Waals surface area contributed by atoms with Crippen LogP contribution in [0.15, 0.2) is 72.8 Å². The van der Waals surface area contributed by atoms with Gasteiger partial charge in [-0.15, -0.1) is 0 Å². The number of hydrogen-bond donors (Lipinski definition) is 2. The van der Waals surface area contributed by atoms with Crippen LogP contribution in [0.3, 0.4) is 0 Å². The lowest BCUT2D eigenvalue weighted by Crippen LogP contribution is -2.50. The van der Waals surface area contributed by atoms with Gasteiger partial charge in [-0.2, -0.15) is 0 Å². The van der Waals surface area contributed by atoms with E-state index >= 15 is 0 Å². The van der Waals surface area contributed by atoms with Crippen LogP contribution in [0.2, 0.25) is 0 Å². The van der Waals surface area contributed by atoms with Crippen LogP contribution in [-0.2, 0) is 30.6 Å². The molecule has 474 valence electrons. The molecule has 0 aromatic heterocycles. The van der Waals surface area contributed by atoms with Crippen molar-refractivity contribution in [2.45, 2.75) is 238 Å². The molecule has 11 rings (SSSR count). The zero-order valence-corrected chi connectivity index (χ0v) is 54.5. The molecule has 2 N–H and O–H groups in total. The summed E-state index contributed by atoms with van der Waals surface area (Å²) < 4.78 is 28.9. The SMILES string of the molecule is CC(=O)N(C1CC1)C1CCC2(CCN(CCC(C)(C)C)CC2)c2ccccc21.CC(=O)N1CCCC(C(=O)N[C@H]2CCC3(CCN(CCC(C)(C)C)CC3)c3ccccc32)C1.CC(C)(C)CCN1CCC2(CC1)CC(F)(F)C(O)c1ccccc12.[HH].[HH]. The molecule has 0 bridgehead atoms. The summed E-state index contributed by atoms with van der Waals surface area (Å²) in [6.07, 6.45) is 16.9. The van der Waals surface area contributed by atoms with Gasteiger partial charge in [0.1, 0.15) is 6.10 Å². The average molecular weight is 1180 g/mol. The summed E-state index contributed by atoms with van der Waals surface area (Å²) in [5, 5.41) is 13.5. The van der Waals surface area contributed by atoms with Gasteiger partial charge in [0.2, 0.25) is 17.7 Å². The van der Waals surface area contributed by atoms with Gasteiger partial charge in [-0.1, -0.05) is 135 Å². The highest BCUT2D eigenvalue weighted by molar-refractivity contribution is 5.81. The second-order valence-corrected chi connectivity index (χ2v) is 31.5. The van der Waals surface area contributed by atoms with Crippen LogP contribution < -0.4 is 5.32 Å². The number of amides is 3. The Bertz CT molecular complexity index is 2750. The Morgan fingerprint density at radius 2 is 0.988 bits per heavy atom. The van der Waals surface area contributed by atoms with E-state index in [1.807, 2.05) is 17.0 Å². The van der Waals surface area contributed by atoms with E-state index in [0.717, 1.165) is 83.1 Å². The molecule has 8 aliphatic rings. The third-order valence-corrected chi connectivity index (χ3v) is 21.6. The zero-order valence-electron chi connectivity index (χ0n) is 54.5. The lowest BCUT2D eigenvalue weighted by molar-refractivity contribution is -0.143. The van der Waals surface area contributed by atoms with E-state index in [1.165, 1.54) is 114 Å². The van der Waals surface area contributed by atoms with E-state index in [1.54, 1.807) is 31.5 Å². The van der Waals surface area contributed by atoms with E-state index in [-0.39, 0.29) is 44.4 Å². The smallest absolute Gasteiger partial charge is 0.278 e. The fraction of sp³-hybridized carbons (Fsp3) is 0.712. The van der Waals surface area contributed by atoms with Crippen molar-refractivity contribution in [1.82, 2.24) is 29.8 Å². The predicted octanol–water partition coefficient (Wildman–Crippen LogP) is 15.0. The second kappa shape index (κ2) is 26.5. The van der Waals surface area contributed by atoms with Crippen molar-refractivity contribution < 1.29 is 31.1 Å². The summed E-state index contributed by atoms with van der Waals surface area (Å²) in [5.74, 6) is -2.67. The van der Waals surface area contributed by atoms with Crippen molar-refractivity contribution in [3.63, 3.8) is 0 Å². The lowest BCUT2D eigenvalue weighted by Gasteiger charge is -2.49. The lowest BCUT2D eigenvalue weighted by atomic mass is 9.63. The van der Waals surface area contributed by atoms with Crippen LogP contribution in [0.4, 0.5) is 8.78 Å². The van der Waals surface area contributed by atoms with Gasteiger partial charge in [0, 0.05) is 47.7 Å². The second-order valence-electron chi connectivity index (χ2n) is 31.5. The Hall–Kier alpha value is -4.23. The molecule has 4 aliphatic heterocycles. The van der Waals surface area contributed by atoms with Gasteiger partial charge in [0.15, 0.2) is 0 Å². The number of halogens is 2. The highest BCUT2D eigenvalue weighted by atomic mass is 19.3. The maximum Gasteiger partial charge on any atom is 0.278 e. The Kier molecular flexibility index (Phi) is 20.3. The van der Waals surface area contributed by atoms with Crippen molar-refractivity contribution in [2.75, 3.05) is 72.0 Å². The molecule has 4 atom stereocenters. The minimum absolute atomic E-state index is 0. The third kappa shape index (κ3) is 16.0. The molecular weight excluding hydrogens is 1060 g/mol. The standard InChI is InChI=1S/C28H43N3O2.C25H38N2O.C20H29F2NO.2H2/c1-21(32)31-16-7-8-22(20-31)26(33)29-25-11-12-28(24-10-6-5-9-23(24)25)14-18-30(19-15-28)17-13-27(2,3)4;1-19(28)27(20-9-10-20)23-11-12-25(22-8-6-5-7-21(22)23)14-17-26(18-15-25)16-13-24(2,3)4;1-18(2,3)8-11-23-12-9-19(10-13-23)14-20(21,22)17(24)15-6-4-5-7-16(15)19;;/h5-6,9-10,22,25H,7-8,11-20H2,1-4H3,(H,29,33);5-8,20,23H,9-18H2,1-4H3;4-7,17,24H,8-14H2,1-3H3;2*1H/t22?,25-;;;;/m0..../s1. The first-order valence-electron chi connectivity index (χ1n) is 33.5. The number of carbonyl (C=O) groups is 3. The number of alkyl halides is 2. The number of nitrogens with zero attached hydrogens (tertiary/aromatic N) is 5. The van der Waals surface area contributed by atoms with Gasteiger partial charge in [-0.3, -0.25) is 14.4 Å². The molecule has 3 spiro atoms. The van der Waals surface area contributed by atoms with Crippen LogP contribution in [0.25, 0.3) is 0 Å². The highest BCUT2D eigenvalue weighted by Crippen LogP contribution is 2.55.